The summed E-state index contributed by atoms with van der Waals surface area (Å²) in [6.07, 6.45) is 21.1. The second-order valence-electron chi connectivity index (χ2n) is 11.5. The van der Waals surface area contributed by atoms with Crippen LogP contribution in [0.4, 0.5) is 0 Å². The molecule has 0 aromatic heterocycles. The summed E-state index contributed by atoms with van der Waals surface area (Å²) in [4.78, 5) is 35.7. The molecule has 0 heterocycles. The molecule has 0 saturated carbocycles. The van der Waals surface area contributed by atoms with Gasteiger partial charge in [0.25, 0.3) is 0 Å². The van der Waals surface area contributed by atoms with Gasteiger partial charge in [-0.15, -0.1) is 0 Å². The Morgan fingerprint density at radius 2 is 1.00 bits per heavy atom. The van der Waals surface area contributed by atoms with Crippen LogP contribution >= 0.6 is 0 Å². The Morgan fingerprint density at radius 3 is 1.38 bits per heavy atom. The van der Waals surface area contributed by atoms with E-state index in [-0.39, 0.29) is 24.1 Å². The number of unbranched alkanes of at least 4 members (excludes halogenated alkanes) is 11. The van der Waals surface area contributed by atoms with E-state index in [0.29, 0.717) is 25.8 Å². The van der Waals surface area contributed by atoms with E-state index in [4.69, 9.17) is 0 Å². The Hall–Kier alpha value is -1.89. The van der Waals surface area contributed by atoms with Crippen molar-refractivity contribution >= 4 is 17.9 Å². The van der Waals surface area contributed by atoms with Crippen molar-refractivity contribution in [1.82, 2.24) is 0 Å². The van der Waals surface area contributed by atoms with Crippen LogP contribution in [0, 0.1) is 17.8 Å². The number of hydrogen-bond donors (Lipinski definition) is 2. The van der Waals surface area contributed by atoms with E-state index in [9.17, 15) is 29.7 Å². The second-order valence-corrected chi connectivity index (χ2v) is 11.5. The molecular formula is C32H59NO6. The molecular weight excluding hydrogens is 494 g/mol. The van der Waals surface area contributed by atoms with Crippen LogP contribution in [-0.4, -0.2) is 58.8 Å². The number of carbonyl (C=O) groups excluding carboxylic acids is 1. The smallest absolute Gasteiger partial charge is 0.312 e. The molecule has 0 amide bonds. The highest BCUT2D eigenvalue weighted by molar-refractivity contribution is 5.70. The molecule has 0 spiro atoms. The average molecular weight is 554 g/mol. The Bertz CT molecular complexity index is 632. The van der Waals surface area contributed by atoms with Gasteiger partial charge in [-0.2, -0.15) is 0 Å². The molecule has 0 bridgehead atoms. The van der Waals surface area contributed by atoms with E-state index in [1.165, 1.54) is 57.8 Å². The second kappa shape index (κ2) is 22.9. The molecule has 3 unspecified atom stereocenters. The van der Waals surface area contributed by atoms with Crippen LogP contribution in [0.25, 0.3) is 0 Å². The molecule has 0 aromatic rings. The van der Waals surface area contributed by atoms with Crippen molar-refractivity contribution in [2.75, 3.05) is 26.2 Å². The molecule has 0 fully saturated rings. The predicted octanol–water partition coefficient (Wildman–Crippen LogP) is 6.45. The summed E-state index contributed by atoms with van der Waals surface area (Å²) in [7, 11) is 0. The van der Waals surface area contributed by atoms with Gasteiger partial charge in [0.1, 0.15) is 11.8 Å². The number of quaternary nitrogens is 1. The van der Waals surface area contributed by atoms with Gasteiger partial charge < -0.3 is 24.6 Å². The quantitative estimate of drug-likeness (QED) is 0.0686. The van der Waals surface area contributed by atoms with Gasteiger partial charge in [0.05, 0.1) is 32.1 Å². The first-order valence-corrected chi connectivity index (χ1v) is 15.8. The Balaban J connectivity index is 4.96. The van der Waals surface area contributed by atoms with Crippen molar-refractivity contribution in [3.8, 4) is 0 Å². The Labute approximate surface area is 238 Å². The molecule has 7 heteroatoms. The predicted molar refractivity (Wildman–Crippen MR) is 156 cm³/mol. The average Bonchev–Trinajstić information content (AvgIpc) is 2.90. The van der Waals surface area contributed by atoms with Crippen molar-refractivity contribution in [2.24, 2.45) is 17.8 Å². The molecule has 0 rings (SSSR count). The van der Waals surface area contributed by atoms with Crippen LogP contribution in [0.15, 0.2) is 12.2 Å². The highest BCUT2D eigenvalue weighted by atomic mass is 16.4. The van der Waals surface area contributed by atoms with Crippen LogP contribution in [0.2, 0.25) is 0 Å². The standard InChI is InChI=1S/C32H59NO6/c1-5-9-10-11-12-13-14-15-16-17-18-19-20-21-22-23-33(24-27(6-2)30(34)35,25-28(7-3)31(36)37)26-29(8-4)32(38)39/h12-13,27-29H,5-11,14-26H2,1-4H3,(H2-,34,35,36,37,38,39)/b13-12+. The Morgan fingerprint density at radius 1 is 0.615 bits per heavy atom. The zero-order valence-corrected chi connectivity index (χ0v) is 25.5. The van der Waals surface area contributed by atoms with Gasteiger partial charge >= 0.3 is 11.9 Å². The molecule has 0 radical (unpaired) electrons. The van der Waals surface area contributed by atoms with E-state index < -0.39 is 35.7 Å². The van der Waals surface area contributed by atoms with Gasteiger partial charge in [-0.25, -0.2) is 0 Å². The monoisotopic (exact) mass is 553 g/mol. The van der Waals surface area contributed by atoms with Crippen LogP contribution < -0.4 is 5.11 Å². The minimum atomic E-state index is -1.14. The summed E-state index contributed by atoms with van der Waals surface area (Å²) in [6.45, 7) is 9.00. The molecule has 0 aliphatic heterocycles. The highest BCUT2D eigenvalue weighted by Crippen LogP contribution is 2.25. The first kappa shape index (κ1) is 37.1. The molecule has 0 aromatic carbocycles. The van der Waals surface area contributed by atoms with E-state index in [0.717, 1.165) is 25.7 Å². The van der Waals surface area contributed by atoms with Gasteiger partial charge in [-0.1, -0.05) is 84.8 Å². The molecule has 0 aliphatic carbocycles. The van der Waals surface area contributed by atoms with Crippen molar-refractivity contribution in [2.45, 2.75) is 130 Å². The lowest BCUT2D eigenvalue weighted by Gasteiger charge is -2.44. The summed E-state index contributed by atoms with van der Waals surface area (Å²) in [5.41, 5.74) is 0. The molecule has 39 heavy (non-hydrogen) atoms. The summed E-state index contributed by atoms with van der Waals surface area (Å²) >= 11 is 0. The third-order valence-electron chi connectivity index (χ3n) is 8.23. The largest absolute Gasteiger partial charge is 0.550 e. The fraction of sp³-hybridized carbons (Fsp3) is 0.844. The molecule has 228 valence electrons. The minimum Gasteiger partial charge on any atom is -0.550 e. The van der Waals surface area contributed by atoms with Crippen LogP contribution in [0.3, 0.4) is 0 Å². The first-order valence-electron chi connectivity index (χ1n) is 15.8. The number of nitrogens with zero attached hydrogens (tertiary/aromatic N) is 1. The number of hydrogen-bond acceptors (Lipinski definition) is 4. The number of carbonyl (C=O) groups is 3. The third kappa shape index (κ3) is 17.4. The van der Waals surface area contributed by atoms with E-state index in [1.807, 2.05) is 13.8 Å². The van der Waals surface area contributed by atoms with E-state index in [2.05, 4.69) is 19.1 Å². The normalized spacial score (nSPS) is 15.6. The molecule has 7 nitrogen and oxygen atoms in total. The fourth-order valence-electron chi connectivity index (χ4n) is 5.55. The summed E-state index contributed by atoms with van der Waals surface area (Å²) < 4.78 is 0.216. The zero-order chi connectivity index (χ0) is 29.5. The third-order valence-corrected chi connectivity index (χ3v) is 8.23. The van der Waals surface area contributed by atoms with Crippen molar-refractivity contribution < 1.29 is 34.2 Å². The number of aliphatic carboxylic acids is 3. The van der Waals surface area contributed by atoms with Crippen molar-refractivity contribution in [1.29, 1.82) is 0 Å². The Kier molecular flexibility index (Phi) is 21.8. The lowest BCUT2D eigenvalue weighted by Crippen LogP contribution is -2.59. The number of allylic oxidation sites excluding steroid dienone is 2. The van der Waals surface area contributed by atoms with E-state index >= 15 is 0 Å². The summed E-state index contributed by atoms with van der Waals surface area (Å²) in [5.74, 6) is -4.95. The van der Waals surface area contributed by atoms with E-state index in [1.54, 1.807) is 6.92 Å². The van der Waals surface area contributed by atoms with Crippen molar-refractivity contribution in [3.63, 3.8) is 0 Å². The minimum absolute atomic E-state index is 0.216. The molecule has 2 N–H and O–H groups in total. The van der Waals surface area contributed by atoms with Gasteiger partial charge in [0.15, 0.2) is 0 Å². The molecule has 3 atom stereocenters. The lowest BCUT2D eigenvalue weighted by atomic mass is 9.95. The summed E-state index contributed by atoms with van der Waals surface area (Å²) in [6, 6.07) is 0. The maximum atomic E-state index is 11.9. The van der Waals surface area contributed by atoms with Gasteiger partial charge in [-0.3, -0.25) is 9.59 Å². The lowest BCUT2D eigenvalue weighted by molar-refractivity contribution is -0.935. The van der Waals surface area contributed by atoms with Gasteiger partial charge in [-0.05, 0) is 57.8 Å². The maximum Gasteiger partial charge on any atom is 0.312 e. The molecule has 0 saturated heterocycles. The van der Waals surface area contributed by atoms with Crippen LogP contribution in [0.5, 0.6) is 0 Å². The van der Waals surface area contributed by atoms with Crippen molar-refractivity contribution in [3.05, 3.63) is 12.2 Å². The van der Waals surface area contributed by atoms with Gasteiger partial charge in [0, 0.05) is 5.92 Å². The topological polar surface area (TPSA) is 115 Å². The summed E-state index contributed by atoms with van der Waals surface area (Å²) in [5, 5.41) is 31.4. The fourth-order valence-corrected chi connectivity index (χ4v) is 5.55. The highest BCUT2D eigenvalue weighted by Gasteiger charge is 2.39. The molecule has 0 aliphatic rings. The maximum absolute atomic E-state index is 11.9. The SMILES string of the molecule is CCCCC/C=C/CCCCCCCCCC[N+](CC(CC)C(=O)[O-])(CC(CC)C(=O)O)CC(CC)C(=O)O. The van der Waals surface area contributed by atoms with Crippen LogP contribution in [0.1, 0.15) is 130 Å². The number of carboxylic acid groups (broad SMARTS) is 3. The number of rotatable bonds is 27. The van der Waals surface area contributed by atoms with Gasteiger partial charge in [0.2, 0.25) is 0 Å². The number of carboxylic acids is 3. The van der Waals surface area contributed by atoms with Crippen LogP contribution in [-0.2, 0) is 14.4 Å². The zero-order valence-electron chi connectivity index (χ0n) is 25.5. The first-order chi connectivity index (χ1) is 18.7.